The number of anilines is 1. The largest absolute Gasteiger partial charge is 0.306 e. The van der Waals surface area contributed by atoms with E-state index in [1.807, 2.05) is 0 Å². The number of hydrogen-bond acceptors (Lipinski definition) is 2. The molecule has 1 aromatic carbocycles. The third kappa shape index (κ3) is 2.82. The molecule has 0 saturated heterocycles. The fraction of sp³-hybridized carbons (Fsp3) is 0.0769. The van der Waals surface area contributed by atoms with E-state index < -0.39 is 28.9 Å². The molecule has 0 atom stereocenters. The maximum atomic E-state index is 13.5. The maximum absolute atomic E-state index is 13.5. The van der Waals surface area contributed by atoms with E-state index >= 15 is 0 Å². The smallest absolute Gasteiger partial charge is 0.259 e. The van der Waals surface area contributed by atoms with Gasteiger partial charge in [-0.25, -0.2) is 18.2 Å². The molecule has 1 heterocycles. The minimum Gasteiger partial charge on any atom is -0.306 e. The highest BCUT2D eigenvalue weighted by Crippen LogP contribution is 2.19. The van der Waals surface area contributed by atoms with Gasteiger partial charge in [0.05, 0.1) is 5.56 Å². The first-order chi connectivity index (χ1) is 9.40. The molecular formula is C13H8BrF3N2O. The number of nitrogens with zero attached hydrogens (tertiary/aromatic N) is 1. The summed E-state index contributed by atoms with van der Waals surface area (Å²) in [5.74, 6) is -5.26. The molecule has 0 aliphatic carbocycles. The van der Waals surface area contributed by atoms with Crippen LogP contribution in [0, 0.1) is 24.4 Å². The molecule has 0 saturated carbocycles. The fourth-order valence-corrected chi connectivity index (χ4v) is 1.99. The molecule has 0 aliphatic rings. The summed E-state index contributed by atoms with van der Waals surface area (Å²) in [4.78, 5) is 15.8. The second kappa shape index (κ2) is 5.62. The van der Waals surface area contributed by atoms with E-state index in [4.69, 9.17) is 0 Å². The Morgan fingerprint density at radius 2 is 1.95 bits per heavy atom. The van der Waals surface area contributed by atoms with Crippen molar-refractivity contribution in [3.63, 3.8) is 0 Å². The number of aryl methyl sites for hydroxylation is 1. The molecule has 7 heteroatoms. The Bertz CT molecular complexity index is 692. The Hall–Kier alpha value is -1.89. The lowest BCUT2D eigenvalue weighted by Gasteiger charge is -2.08. The summed E-state index contributed by atoms with van der Waals surface area (Å²) in [6.07, 6.45) is 1.45. The monoisotopic (exact) mass is 344 g/mol. The number of carbonyl (C=O) groups excluding carboxylic acids is 1. The highest BCUT2D eigenvalue weighted by molar-refractivity contribution is 9.10. The lowest BCUT2D eigenvalue weighted by molar-refractivity contribution is 0.102. The number of halogens is 4. The minimum absolute atomic E-state index is 0.210. The van der Waals surface area contributed by atoms with Gasteiger partial charge in [0.15, 0.2) is 17.5 Å². The lowest BCUT2D eigenvalue weighted by Crippen LogP contribution is -2.16. The summed E-state index contributed by atoms with van der Waals surface area (Å²) >= 11 is 3.21. The third-order valence-electron chi connectivity index (χ3n) is 2.56. The fourth-order valence-electron chi connectivity index (χ4n) is 1.55. The van der Waals surface area contributed by atoms with Gasteiger partial charge in [0.25, 0.3) is 5.91 Å². The number of pyridine rings is 1. The highest BCUT2D eigenvalue weighted by atomic mass is 79.9. The van der Waals surface area contributed by atoms with Crippen LogP contribution in [0.25, 0.3) is 0 Å². The second-order valence-corrected chi connectivity index (χ2v) is 4.91. The summed E-state index contributed by atoms with van der Waals surface area (Å²) in [5.41, 5.74) is 0.0451. The predicted octanol–water partition coefficient (Wildman–Crippen LogP) is 3.82. The Balaban J connectivity index is 2.31. The highest BCUT2D eigenvalue weighted by Gasteiger charge is 2.19. The van der Waals surface area contributed by atoms with Crippen molar-refractivity contribution in [2.75, 3.05) is 5.32 Å². The first kappa shape index (κ1) is 14.5. The zero-order valence-corrected chi connectivity index (χ0v) is 11.8. The number of aromatic nitrogens is 1. The molecule has 0 fully saturated rings. The van der Waals surface area contributed by atoms with Crippen LogP contribution in [0.5, 0.6) is 0 Å². The predicted molar refractivity (Wildman–Crippen MR) is 70.9 cm³/mol. The molecule has 0 spiro atoms. The van der Waals surface area contributed by atoms with Crippen LogP contribution in [0.3, 0.4) is 0 Å². The molecule has 2 rings (SSSR count). The first-order valence-electron chi connectivity index (χ1n) is 5.47. The Morgan fingerprint density at radius 3 is 2.60 bits per heavy atom. The van der Waals surface area contributed by atoms with Gasteiger partial charge in [0.1, 0.15) is 5.82 Å². The van der Waals surface area contributed by atoms with Gasteiger partial charge in [0.2, 0.25) is 0 Å². The van der Waals surface area contributed by atoms with Crippen molar-refractivity contribution in [2.45, 2.75) is 6.92 Å². The van der Waals surface area contributed by atoms with E-state index in [2.05, 4.69) is 26.2 Å². The molecule has 0 radical (unpaired) electrons. The molecule has 2 aromatic rings. The van der Waals surface area contributed by atoms with Crippen molar-refractivity contribution in [3.8, 4) is 0 Å². The van der Waals surface area contributed by atoms with Gasteiger partial charge in [-0.1, -0.05) is 0 Å². The van der Waals surface area contributed by atoms with Gasteiger partial charge in [-0.15, -0.1) is 0 Å². The van der Waals surface area contributed by atoms with Crippen LogP contribution < -0.4 is 5.32 Å². The number of benzene rings is 1. The van der Waals surface area contributed by atoms with E-state index in [1.165, 1.54) is 6.20 Å². The molecule has 0 bridgehead atoms. The number of hydrogen-bond donors (Lipinski definition) is 1. The van der Waals surface area contributed by atoms with Crippen LogP contribution in [0.15, 0.2) is 28.9 Å². The summed E-state index contributed by atoms with van der Waals surface area (Å²) < 4.78 is 40.1. The molecule has 1 N–H and O–H groups in total. The first-order valence-corrected chi connectivity index (χ1v) is 6.26. The summed E-state index contributed by atoms with van der Waals surface area (Å²) in [7, 11) is 0. The van der Waals surface area contributed by atoms with Crippen molar-refractivity contribution >= 4 is 27.7 Å². The SMILES string of the molecule is Cc1cc(Br)cnc1NC(=O)c1ccc(F)c(F)c1F. The summed E-state index contributed by atoms with van der Waals surface area (Å²) in [6.45, 7) is 1.69. The van der Waals surface area contributed by atoms with E-state index in [0.29, 0.717) is 16.1 Å². The minimum atomic E-state index is -1.68. The van der Waals surface area contributed by atoms with Crippen LogP contribution in [0.4, 0.5) is 19.0 Å². The van der Waals surface area contributed by atoms with Crippen LogP contribution in [-0.4, -0.2) is 10.9 Å². The Kier molecular flexibility index (Phi) is 4.08. The van der Waals surface area contributed by atoms with E-state index in [0.717, 1.165) is 6.07 Å². The molecule has 0 unspecified atom stereocenters. The van der Waals surface area contributed by atoms with Crippen molar-refractivity contribution in [3.05, 3.63) is 57.4 Å². The van der Waals surface area contributed by atoms with Gasteiger partial charge < -0.3 is 5.32 Å². The standard InChI is InChI=1S/C13H8BrF3N2O/c1-6-4-7(14)5-18-12(6)19-13(20)8-2-3-9(15)11(17)10(8)16/h2-5H,1H3,(H,18,19,20). The lowest BCUT2D eigenvalue weighted by atomic mass is 10.2. The van der Waals surface area contributed by atoms with E-state index in [9.17, 15) is 18.0 Å². The normalized spacial score (nSPS) is 10.4. The molecular weight excluding hydrogens is 337 g/mol. The quantitative estimate of drug-likeness (QED) is 0.841. The number of nitrogens with one attached hydrogen (secondary N) is 1. The maximum Gasteiger partial charge on any atom is 0.259 e. The zero-order chi connectivity index (χ0) is 14.9. The van der Waals surface area contributed by atoms with Gasteiger partial charge in [-0.2, -0.15) is 0 Å². The number of amides is 1. The van der Waals surface area contributed by atoms with Crippen LogP contribution in [-0.2, 0) is 0 Å². The Morgan fingerprint density at radius 1 is 1.25 bits per heavy atom. The molecule has 0 aliphatic heterocycles. The van der Waals surface area contributed by atoms with Crippen LogP contribution >= 0.6 is 15.9 Å². The zero-order valence-electron chi connectivity index (χ0n) is 10.2. The van der Waals surface area contributed by atoms with Gasteiger partial charge in [-0.3, -0.25) is 4.79 Å². The summed E-state index contributed by atoms with van der Waals surface area (Å²) in [6, 6.07) is 3.26. The van der Waals surface area contributed by atoms with Crippen LogP contribution in [0.1, 0.15) is 15.9 Å². The average Bonchev–Trinajstić information content (AvgIpc) is 2.39. The van der Waals surface area contributed by atoms with E-state index in [-0.39, 0.29) is 5.82 Å². The number of carbonyl (C=O) groups is 1. The molecule has 3 nitrogen and oxygen atoms in total. The number of rotatable bonds is 2. The molecule has 1 amide bonds. The van der Waals surface area contributed by atoms with Gasteiger partial charge >= 0.3 is 0 Å². The van der Waals surface area contributed by atoms with Crippen molar-refractivity contribution in [2.24, 2.45) is 0 Å². The molecule has 1 aromatic heterocycles. The van der Waals surface area contributed by atoms with E-state index in [1.54, 1.807) is 13.0 Å². The van der Waals surface area contributed by atoms with Crippen molar-refractivity contribution < 1.29 is 18.0 Å². The third-order valence-corrected chi connectivity index (χ3v) is 2.99. The average molecular weight is 345 g/mol. The van der Waals surface area contributed by atoms with Crippen molar-refractivity contribution in [1.29, 1.82) is 0 Å². The summed E-state index contributed by atoms with van der Waals surface area (Å²) in [5, 5.41) is 2.34. The van der Waals surface area contributed by atoms with Crippen LogP contribution in [0.2, 0.25) is 0 Å². The topological polar surface area (TPSA) is 42.0 Å². The molecule has 20 heavy (non-hydrogen) atoms. The van der Waals surface area contributed by atoms with Crippen molar-refractivity contribution in [1.82, 2.24) is 4.98 Å². The van der Waals surface area contributed by atoms with Gasteiger partial charge in [-0.05, 0) is 46.6 Å². The van der Waals surface area contributed by atoms with Gasteiger partial charge in [0, 0.05) is 10.7 Å². The Labute approximate surface area is 121 Å². The second-order valence-electron chi connectivity index (χ2n) is 4.00. The molecule has 104 valence electrons.